The van der Waals surface area contributed by atoms with Crippen LogP contribution in [0.15, 0.2) is 95.9 Å². The summed E-state index contributed by atoms with van der Waals surface area (Å²) in [4.78, 5) is 18.2. The van der Waals surface area contributed by atoms with Crippen LogP contribution in [-0.4, -0.2) is 9.55 Å². The summed E-state index contributed by atoms with van der Waals surface area (Å²) in [6, 6.07) is 27.9. The Morgan fingerprint density at radius 1 is 0.786 bits per heavy atom. The molecule has 0 saturated carbocycles. The lowest BCUT2D eigenvalue weighted by molar-refractivity contribution is 1.02. The highest BCUT2D eigenvalue weighted by Crippen LogP contribution is 2.29. The average Bonchev–Trinajstić information content (AvgIpc) is 2.74. The summed E-state index contributed by atoms with van der Waals surface area (Å²) in [6.45, 7) is 2.07. The molecule has 0 amide bonds. The molecule has 134 valence electrons. The number of rotatable bonds is 2. The molecule has 0 unspecified atom stereocenters. The second kappa shape index (κ2) is 6.46. The second-order valence-electron chi connectivity index (χ2n) is 6.92. The summed E-state index contributed by atoms with van der Waals surface area (Å²) in [6.07, 6.45) is 1.77. The molecular formula is C25H18N2O. The minimum atomic E-state index is -0.0329. The van der Waals surface area contributed by atoms with E-state index in [1.165, 1.54) is 0 Å². The SMILES string of the molecule is Cc1ccccc1-c1cc2ccccc2c(=O)n1-c1cccc2cccnc12. The van der Waals surface area contributed by atoms with Gasteiger partial charge in [-0.1, -0.05) is 60.7 Å². The van der Waals surface area contributed by atoms with Crippen LogP contribution in [0, 0.1) is 6.92 Å². The maximum atomic E-state index is 13.6. The van der Waals surface area contributed by atoms with Crippen LogP contribution in [-0.2, 0) is 0 Å². The number of fused-ring (bicyclic) bond motifs is 2. The largest absolute Gasteiger partial charge is 0.274 e. The normalized spacial score (nSPS) is 11.2. The lowest BCUT2D eigenvalue weighted by Crippen LogP contribution is -2.21. The molecule has 2 aromatic heterocycles. The molecule has 5 rings (SSSR count). The number of para-hydroxylation sites is 1. The first-order chi connectivity index (χ1) is 13.7. The zero-order valence-corrected chi connectivity index (χ0v) is 15.5. The number of hydrogen-bond donors (Lipinski definition) is 0. The topological polar surface area (TPSA) is 34.9 Å². The Morgan fingerprint density at radius 2 is 1.54 bits per heavy atom. The predicted octanol–water partition coefficient (Wildman–Crippen LogP) is 5.51. The molecule has 5 aromatic rings. The first-order valence-corrected chi connectivity index (χ1v) is 9.29. The summed E-state index contributed by atoms with van der Waals surface area (Å²) in [5.41, 5.74) is 4.62. The van der Waals surface area contributed by atoms with E-state index in [4.69, 9.17) is 0 Å². The Balaban J connectivity index is 1.98. The van der Waals surface area contributed by atoms with Crippen molar-refractivity contribution in [2.24, 2.45) is 0 Å². The highest BCUT2D eigenvalue weighted by atomic mass is 16.1. The molecule has 28 heavy (non-hydrogen) atoms. The molecule has 0 saturated heterocycles. The Kier molecular flexibility index (Phi) is 3.80. The van der Waals surface area contributed by atoms with Gasteiger partial charge in [-0.2, -0.15) is 0 Å². The van der Waals surface area contributed by atoms with Gasteiger partial charge in [0.2, 0.25) is 0 Å². The van der Waals surface area contributed by atoms with Crippen molar-refractivity contribution in [3.05, 3.63) is 107 Å². The first kappa shape index (κ1) is 16.5. The van der Waals surface area contributed by atoms with Crippen molar-refractivity contribution in [3.63, 3.8) is 0 Å². The number of benzene rings is 3. The fourth-order valence-electron chi connectivity index (χ4n) is 3.83. The third kappa shape index (κ3) is 2.52. The van der Waals surface area contributed by atoms with Gasteiger partial charge in [0, 0.05) is 22.5 Å². The molecule has 0 aliphatic rings. The van der Waals surface area contributed by atoms with Gasteiger partial charge in [0.15, 0.2) is 0 Å². The van der Waals surface area contributed by atoms with Crippen LogP contribution in [0.3, 0.4) is 0 Å². The molecule has 0 spiro atoms. The Hall–Kier alpha value is -3.72. The van der Waals surface area contributed by atoms with Crippen LogP contribution in [0.25, 0.3) is 38.6 Å². The zero-order chi connectivity index (χ0) is 19.1. The van der Waals surface area contributed by atoms with E-state index < -0.39 is 0 Å². The molecule has 0 bridgehead atoms. The number of aromatic nitrogens is 2. The molecule has 0 aliphatic heterocycles. The van der Waals surface area contributed by atoms with Crippen molar-refractivity contribution >= 4 is 21.7 Å². The van der Waals surface area contributed by atoms with Crippen molar-refractivity contribution < 1.29 is 0 Å². The van der Waals surface area contributed by atoms with Gasteiger partial charge < -0.3 is 0 Å². The van der Waals surface area contributed by atoms with Gasteiger partial charge in [-0.3, -0.25) is 14.3 Å². The van der Waals surface area contributed by atoms with Gasteiger partial charge in [0.25, 0.3) is 5.56 Å². The van der Waals surface area contributed by atoms with Crippen molar-refractivity contribution in [3.8, 4) is 16.9 Å². The van der Waals surface area contributed by atoms with E-state index in [9.17, 15) is 4.79 Å². The Morgan fingerprint density at radius 3 is 2.43 bits per heavy atom. The van der Waals surface area contributed by atoms with E-state index in [-0.39, 0.29) is 5.56 Å². The van der Waals surface area contributed by atoms with Crippen molar-refractivity contribution in [1.29, 1.82) is 0 Å². The molecule has 0 aliphatic carbocycles. The van der Waals surface area contributed by atoms with Crippen molar-refractivity contribution in [2.75, 3.05) is 0 Å². The van der Waals surface area contributed by atoms with Gasteiger partial charge in [-0.05, 0) is 42.1 Å². The first-order valence-electron chi connectivity index (χ1n) is 9.29. The highest BCUT2D eigenvalue weighted by molar-refractivity contribution is 5.91. The van der Waals surface area contributed by atoms with Crippen LogP contribution in [0.1, 0.15) is 5.56 Å². The van der Waals surface area contributed by atoms with Gasteiger partial charge in [0.05, 0.1) is 16.9 Å². The second-order valence-corrected chi connectivity index (χ2v) is 6.92. The van der Waals surface area contributed by atoms with Crippen molar-refractivity contribution in [1.82, 2.24) is 9.55 Å². The van der Waals surface area contributed by atoms with Crippen LogP contribution in [0.2, 0.25) is 0 Å². The van der Waals surface area contributed by atoms with E-state index >= 15 is 0 Å². The van der Waals surface area contributed by atoms with Gasteiger partial charge >= 0.3 is 0 Å². The smallest absolute Gasteiger partial charge is 0.263 e. The Labute approximate surface area is 162 Å². The fraction of sp³-hybridized carbons (Fsp3) is 0.0400. The molecule has 0 radical (unpaired) electrons. The van der Waals surface area contributed by atoms with E-state index in [2.05, 4.69) is 30.1 Å². The van der Waals surface area contributed by atoms with E-state index in [0.29, 0.717) is 5.39 Å². The summed E-state index contributed by atoms with van der Waals surface area (Å²) in [5, 5.41) is 2.65. The van der Waals surface area contributed by atoms with Crippen LogP contribution in [0.4, 0.5) is 0 Å². The predicted molar refractivity (Wildman–Crippen MR) is 115 cm³/mol. The van der Waals surface area contributed by atoms with Crippen molar-refractivity contribution in [2.45, 2.75) is 6.92 Å². The minimum absolute atomic E-state index is 0.0329. The molecule has 0 fully saturated rings. The number of nitrogens with zero attached hydrogens (tertiary/aromatic N) is 2. The summed E-state index contributed by atoms with van der Waals surface area (Å²) < 4.78 is 1.81. The number of aryl methyl sites for hydroxylation is 1. The minimum Gasteiger partial charge on any atom is -0.274 e. The highest BCUT2D eigenvalue weighted by Gasteiger charge is 2.16. The van der Waals surface area contributed by atoms with Crippen LogP contribution >= 0.6 is 0 Å². The van der Waals surface area contributed by atoms with Gasteiger partial charge in [0.1, 0.15) is 0 Å². The third-order valence-electron chi connectivity index (χ3n) is 5.20. The molecule has 3 heteroatoms. The quantitative estimate of drug-likeness (QED) is 0.415. The number of pyridine rings is 2. The molecule has 3 aromatic carbocycles. The van der Waals surface area contributed by atoms with E-state index in [0.717, 1.165) is 38.8 Å². The standard InChI is InChI=1S/C25H18N2O/c1-17-8-2-4-12-20(17)23-16-19-9-3-5-13-21(19)25(28)27(23)22-14-6-10-18-11-7-15-26-24(18)22/h2-16H,1H3. The monoisotopic (exact) mass is 362 g/mol. The molecule has 0 atom stereocenters. The maximum Gasteiger partial charge on any atom is 0.263 e. The van der Waals surface area contributed by atoms with E-state index in [1.807, 2.05) is 66.7 Å². The van der Waals surface area contributed by atoms with Crippen LogP contribution in [0.5, 0.6) is 0 Å². The molecular weight excluding hydrogens is 344 g/mol. The lowest BCUT2D eigenvalue weighted by atomic mass is 10.0. The Bertz CT molecular complexity index is 1390. The van der Waals surface area contributed by atoms with Gasteiger partial charge in [-0.25, -0.2) is 0 Å². The fourth-order valence-corrected chi connectivity index (χ4v) is 3.83. The molecule has 2 heterocycles. The lowest BCUT2D eigenvalue weighted by Gasteiger charge is -2.17. The number of hydrogen-bond acceptors (Lipinski definition) is 2. The summed E-state index contributed by atoms with van der Waals surface area (Å²) in [5.74, 6) is 0. The third-order valence-corrected chi connectivity index (χ3v) is 5.20. The summed E-state index contributed by atoms with van der Waals surface area (Å²) >= 11 is 0. The zero-order valence-electron chi connectivity index (χ0n) is 15.5. The van der Waals surface area contributed by atoms with Gasteiger partial charge in [-0.15, -0.1) is 0 Å². The molecule has 3 nitrogen and oxygen atoms in total. The average molecular weight is 362 g/mol. The summed E-state index contributed by atoms with van der Waals surface area (Å²) in [7, 11) is 0. The van der Waals surface area contributed by atoms with Crippen LogP contribution < -0.4 is 5.56 Å². The maximum absolute atomic E-state index is 13.6. The molecule has 0 N–H and O–H groups in total. The van der Waals surface area contributed by atoms with E-state index in [1.54, 1.807) is 10.8 Å².